The maximum atomic E-state index is 4.80. The van der Waals surface area contributed by atoms with Gasteiger partial charge in [-0.25, -0.2) is 9.97 Å². The van der Waals surface area contributed by atoms with Crippen molar-refractivity contribution in [2.45, 2.75) is 53.0 Å². The maximum Gasteiger partial charge on any atom is 0.139 e. The molecule has 3 heterocycles. The van der Waals surface area contributed by atoms with Crippen LogP contribution in [0.15, 0.2) is 5.38 Å². The second-order valence-corrected chi connectivity index (χ2v) is 9.92. The van der Waals surface area contributed by atoms with Crippen LogP contribution >= 0.6 is 11.3 Å². The Morgan fingerprint density at radius 2 is 1.89 bits per heavy atom. The molecule has 5 nitrogen and oxygen atoms in total. The third-order valence-corrected chi connectivity index (χ3v) is 6.28. The van der Waals surface area contributed by atoms with E-state index >= 15 is 0 Å². The van der Waals surface area contributed by atoms with Gasteiger partial charge in [0.25, 0.3) is 0 Å². The summed E-state index contributed by atoms with van der Waals surface area (Å²) in [6, 6.07) is 0. The highest BCUT2D eigenvalue weighted by Crippen LogP contribution is 2.33. The lowest BCUT2D eigenvalue weighted by Gasteiger charge is -2.35. The zero-order valence-electron chi connectivity index (χ0n) is 17.8. The summed E-state index contributed by atoms with van der Waals surface area (Å²) >= 11 is 1.74. The number of hydrogen-bond acceptors (Lipinski definition) is 6. The highest BCUT2D eigenvalue weighted by molar-refractivity contribution is 7.17. The van der Waals surface area contributed by atoms with Gasteiger partial charge in [0.15, 0.2) is 0 Å². The second kappa shape index (κ2) is 8.41. The molecule has 150 valence electrons. The van der Waals surface area contributed by atoms with Crippen LogP contribution in [-0.2, 0) is 6.42 Å². The Hall–Kier alpha value is -1.24. The molecule has 2 aromatic heterocycles. The zero-order chi connectivity index (χ0) is 19.6. The van der Waals surface area contributed by atoms with Gasteiger partial charge in [-0.2, -0.15) is 0 Å². The Labute approximate surface area is 168 Å². The van der Waals surface area contributed by atoms with Crippen molar-refractivity contribution in [3.8, 4) is 0 Å². The molecule has 0 aromatic carbocycles. The molecule has 0 aliphatic carbocycles. The van der Waals surface area contributed by atoms with Crippen LogP contribution in [0.4, 0.5) is 5.82 Å². The summed E-state index contributed by atoms with van der Waals surface area (Å²) in [5, 5.41) is 7.26. The van der Waals surface area contributed by atoms with E-state index in [1.165, 1.54) is 37.1 Å². The van der Waals surface area contributed by atoms with Gasteiger partial charge in [0, 0.05) is 38.3 Å². The zero-order valence-corrected chi connectivity index (χ0v) is 18.6. The summed E-state index contributed by atoms with van der Waals surface area (Å²) in [5.74, 6) is 2.48. The van der Waals surface area contributed by atoms with E-state index < -0.39 is 0 Å². The first-order valence-electron chi connectivity index (χ1n) is 10.2. The summed E-state index contributed by atoms with van der Waals surface area (Å²) in [4.78, 5) is 15.6. The molecule has 3 rings (SSSR count). The van der Waals surface area contributed by atoms with Crippen LogP contribution in [-0.4, -0.2) is 65.1 Å². The van der Waals surface area contributed by atoms with Crippen LogP contribution in [0.2, 0.25) is 0 Å². The van der Waals surface area contributed by atoms with E-state index in [-0.39, 0.29) is 5.54 Å². The van der Waals surface area contributed by atoms with Gasteiger partial charge < -0.3 is 15.1 Å². The van der Waals surface area contributed by atoms with Gasteiger partial charge in [0.05, 0.1) is 5.39 Å². The van der Waals surface area contributed by atoms with Crippen molar-refractivity contribution in [2.75, 3.05) is 45.1 Å². The lowest BCUT2D eigenvalue weighted by atomic mass is 9.99. The predicted molar refractivity (Wildman–Crippen MR) is 117 cm³/mol. The van der Waals surface area contributed by atoms with Gasteiger partial charge >= 0.3 is 0 Å². The molecule has 1 N–H and O–H groups in total. The summed E-state index contributed by atoms with van der Waals surface area (Å²) in [6.45, 7) is 16.9. The molecule has 2 aromatic rings. The lowest BCUT2D eigenvalue weighted by Crippen LogP contribution is -2.46. The minimum absolute atomic E-state index is 0.00584. The van der Waals surface area contributed by atoms with Crippen LogP contribution < -0.4 is 5.32 Å². The van der Waals surface area contributed by atoms with E-state index in [1.807, 2.05) is 6.92 Å². The summed E-state index contributed by atoms with van der Waals surface area (Å²) in [7, 11) is 2.21. The third-order valence-electron chi connectivity index (χ3n) is 5.36. The molecule has 0 saturated carbocycles. The summed E-state index contributed by atoms with van der Waals surface area (Å²) in [6.07, 6.45) is 2.17. The molecule has 1 saturated heterocycles. The molecule has 1 fully saturated rings. The Kier molecular flexibility index (Phi) is 6.39. The van der Waals surface area contributed by atoms with Crippen LogP contribution in [0.5, 0.6) is 0 Å². The van der Waals surface area contributed by atoms with Crippen LogP contribution in [0, 0.1) is 12.8 Å². The number of anilines is 1. The minimum Gasteiger partial charge on any atom is -0.364 e. The van der Waals surface area contributed by atoms with Crippen LogP contribution in [0.1, 0.15) is 45.5 Å². The van der Waals surface area contributed by atoms with Gasteiger partial charge in [-0.3, -0.25) is 0 Å². The van der Waals surface area contributed by atoms with Crippen molar-refractivity contribution in [2.24, 2.45) is 5.92 Å². The number of hydrogen-bond donors (Lipinski definition) is 1. The standard InChI is InChI=1S/C21H35N5S/c1-15(2)13-17-14-27-20-18(17)19(22-16(3)23-20)24-21(4,5)7-8-26-11-9-25(6)10-12-26/h14-15H,7-13H2,1-6H3,(H,22,23,24). The number of nitrogens with zero attached hydrogens (tertiary/aromatic N) is 4. The van der Waals surface area contributed by atoms with Crippen molar-refractivity contribution >= 4 is 27.4 Å². The van der Waals surface area contributed by atoms with Gasteiger partial charge in [-0.1, -0.05) is 13.8 Å². The van der Waals surface area contributed by atoms with Crippen molar-refractivity contribution < 1.29 is 0 Å². The first kappa shape index (κ1) is 20.5. The fourth-order valence-electron chi connectivity index (χ4n) is 3.68. The number of piperazine rings is 1. The smallest absolute Gasteiger partial charge is 0.139 e. The Morgan fingerprint density at radius 3 is 2.56 bits per heavy atom. The maximum absolute atomic E-state index is 4.80. The number of thiophene rings is 1. The number of nitrogens with one attached hydrogen (secondary N) is 1. The number of fused-ring (bicyclic) bond motifs is 1. The molecule has 0 spiro atoms. The largest absolute Gasteiger partial charge is 0.364 e. The van der Waals surface area contributed by atoms with E-state index in [0.717, 1.165) is 35.9 Å². The van der Waals surface area contributed by atoms with Crippen LogP contribution in [0.25, 0.3) is 10.2 Å². The summed E-state index contributed by atoms with van der Waals surface area (Å²) in [5.41, 5.74) is 1.37. The third kappa shape index (κ3) is 5.39. The first-order chi connectivity index (χ1) is 12.7. The average Bonchev–Trinajstić information content (AvgIpc) is 2.96. The summed E-state index contributed by atoms with van der Waals surface area (Å²) < 4.78 is 0. The Bertz CT molecular complexity index is 759. The normalized spacial score (nSPS) is 17.1. The van der Waals surface area contributed by atoms with E-state index in [9.17, 15) is 0 Å². The molecular formula is C21H35N5S. The molecule has 0 radical (unpaired) electrons. The van der Waals surface area contributed by atoms with E-state index in [4.69, 9.17) is 4.98 Å². The fourth-order valence-corrected chi connectivity index (χ4v) is 4.68. The van der Waals surface area contributed by atoms with Gasteiger partial charge in [0.1, 0.15) is 16.5 Å². The molecule has 6 heteroatoms. The molecule has 27 heavy (non-hydrogen) atoms. The fraction of sp³-hybridized carbons (Fsp3) is 0.714. The van der Waals surface area contributed by atoms with Crippen molar-refractivity contribution in [1.29, 1.82) is 0 Å². The number of likely N-dealkylation sites (N-methyl/N-ethyl adjacent to an activating group) is 1. The minimum atomic E-state index is -0.00584. The molecule has 1 aliphatic heterocycles. The SMILES string of the molecule is Cc1nc(NC(C)(C)CCN2CCN(C)CC2)c2c(CC(C)C)csc2n1. The topological polar surface area (TPSA) is 44.3 Å². The van der Waals surface area contributed by atoms with Crippen LogP contribution in [0.3, 0.4) is 0 Å². The van der Waals surface area contributed by atoms with Crippen molar-refractivity contribution in [3.05, 3.63) is 16.8 Å². The van der Waals surface area contributed by atoms with Crippen molar-refractivity contribution in [1.82, 2.24) is 19.8 Å². The van der Waals surface area contributed by atoms with Crippen molar-refractivity contribution in [3.63, 3.8) is 0 Å². The first-order valence-corrected chi connectivity index (χ1v) is 11.1. The monoisotopic (exact) mass is 389 g/mol. The number of aryl methyl sites for hydroxylation is 1. The quantitative estimate of drug-likeness (QED) is 0.775. The Balaban J connectivity index is 1.74. The predicted octanol–water partition coefficient (Wildman–Crippen LogP) is 4.03. The number of aromatic nitrogens is 2. The molecular weight excluding hydrogens is 354 g/mol. The highest BCUT2D eigenvalue weighted by Gasteiger charge is 2.24. The van der Waals surface area contributed by atoms with E-state index in [2.05, 4.69) is 60.2 Å². The molecule has 0 atom stereocenters. The average molecular weight is 390 g/mol. The van der Waals surface area contributed by atoms with Gasteiger partial charge in [-0.15, -0.1) is 11.3 Å². The molecule has 0 bridgehead atoms. The van der Waals surface area contributed by atoms with Gasteiger partial charge in [-0.05, 0) is 57.5 Å². The van der Waals surface area contributed by atoms with E-state index in [0.29, 0.717) is 5.92 Å². The molecule has 0 amide bonds. The Morgan fingerprint density at radius 1 is 1.19 bits per heavy atom. The second-order valence-electron chi connectivity index (χ2n) is 9.06. The lowest BCUT2D eigenvalue weighted by molar-refractivity contribution is 0.147. The highest BCUT2D eigenvalue weighted by atomic mass is 32.1. The van der Waals surface area contributed by atoms with E-state index in [1.54, 1.807) is 11.3 Å². The molecule has 0 unspecified atom stereocenters. The van der Waals surface area contributed by atoms with Gasteiger partial charge in [0.2, 0.25) is 0 Å². The molecule has 1 aliphatic rings. The number of rotatable bonds is 7.